The van der Waals surface area contributed by atoms with Crippen LogP contribution in [0.15, 0.2) is 24.3 Å². The van der Waals surface area contributed by atoms with E-state index in [0.29, 0.717) is 13.0 Å². The van der Waals surface area contributed by atoms with E-state index in [1.165, 1.54) is 12.1 Å². The first-order valence-electron chi connectivity index (χ1n) is 6.28. The van der Waals surface area contributed by atoms with Gasteiger partial charge in [0.2, 0.25) is 11.8 Å². The number of alkyl halides is 2. The van der Waals surface area contributed by atoms with Crippen molar-refractivity contribution in [1.82, 2.24) is 10.6 Å². The van der Waals surface area contributed by atoms with E-state index in [1.807, 2.05) is 0 Å². The maximum atomic E-state index is 12.0. The Morgan fingerprint density at radius 2 is 1.81 bits per heavy atom. The van der Waals surface area contributed by atoms with Gasteiger partial charge in [0.15, 0.2) is 0 Å². The van der Waals surface area contributed by atoms with Crippen LogP contribution in [0.3, 0.4) is 0 Å². The van der Waals surface area contributed by atoms with Crippen LogP contribution in [0.5, 0.6) is 5.75 Å². The zero-order chi connectivity index (χ0) is 15.7. The van der Waals surface area contributed by atoms with Gasteiger partial charge >= 0.3 is 6.61 Å². The van der Waals surface area contributed by atoms with E-state index in [9.17, 15) is 18.4 Å². The normalized spacial score (nSPS) is 10.3. The fraction of sp³-hybridized carbons (Fsp3) is 0.385. The summed E-state index contributed by atoms with van der Waals surface area (Å²) in [6.07, 6.45) is 0.533. The van der Waals surface area contributed by atoms with Crippen molar-refractivity contribution in [1.29, 1.82) is 0 Å². The highest BCUT2D eigenvalue weighted by Gasteiger charge is 2.05. The lowest BCUT2D eigenvalue weighted by Crippen LogP contribution is -2.40. The summed E-state index contributed by atoms with van der Waals surface area (Å²) in [5.41, 5.74) is 5.94. The summed E-state index contributed by atoms with van der Waals surface area (Å²) < 4.78 is 28.1. The molecular weight excluding hydrogens is 284 g/mol. The summed E-state index contributed by atoms with van der Waals surface area (Å²) in [4.78, 5) is 22.2. The van der Waals surface area contributed by atoms with Gasteiger partial charge in [-0.25, -0.2) is 0 Å². The molecule has 0 unspecified atom stereocenters. The Hall–Kier alpha value is -2.22. The first-order chi connectivity index (χ1) is 10.0. The van der Waals surface area contributed by atoms with Crippen molar-refractivity contribution < 1.29 is 23.1 Å². The first-order valence-corrected chi connectivity index (χ1v) is 6.28. The number of carbonyl (C=O) groups excluding carboxylic acids is 2. The van der Waals surface area contributed by atoms with Crippen LogP contribution in [-0.2, 0) is 16.0 Å². The lowest BCUT2D eigenvalue weighted by Gasteiger charge is -2.07. The summed E-state index contributed by atoms with van der Waals surface area (Å²) >= 11 is 0. The van der Waals surface area contributed by atoms with Crippen molar-refractivity contribution >= 4 is 11.8 Å². The molecule has 0 aliphatic rings. The molecule has 6 nitrogen and oxygen atoms in total. The molecule has 0 aromatic heterocycles. The summed E-state index contributed by atoms with van der Waals surface area (Å²) in [5, 5.41) is 4.95. The molecule has 0 fully saturated rings. The molecule has 0 heterocycles. The van der Waals surface area contributed by atoms with Gasteiger partial charge in [-0.05, 0) is 24.1 Å². The maximum absolute atomic E-state index is 12.0. The zero-order valence-corrected chi connectivity index (χ0v) is 11.3. The summed E-state index contributed by atoms with van der Waals surface area (Å²) in [6.45, 7) is -2.77. The number of carbonyl (C=O) groups is 2. The predicted molar refractivity (Wildman–Crippen MR) is 71.9 cm³/mol. The molecule has 1 aromatic rings. The maximum Gasteiger partial charge on any atom is 0.387 e. The van der Waals surface area contributed by atoms with Crippen molar-refractivity contribution in [2.24, 2.45) is 5.73 Å². The molecule has 1 aromatic carbocycles. The van der Waals surface area contributed by atoms with Gasteiger partial charge in [-0.3, -0.25) is 9.59 Å². The second kappa shape index (κ2) is 8.85. The van der Waals surface area contributed by atoms with Crippen molar-refractivity contribution in [2.45, 2.75) is 13.0 Å². The number of nitrogens with one attached hydrogen (secondary N) is 2. The van der Waals surface area contributed by atoms with Crippen LogP contribution in [0, 0.1) is 0 Å². The van der Waals surface area contributed by atoms with E-state index in [2.05, 4.69) is 15.4 Å². The molecular formula is C13H17F2N3O3. The highest BCUT2D eigenvalue weighted by atomic mass is 19.3. The van der Waals surface area contributed by atoms with Crippen LogP contribution in [0.2, 0.25) is 0 Å². The van der Waals surface area contributed by atoms with Gasteiger partial charge in [0, 0.05) is 6.54 Å². The molecule has 0 aliphatic carbocycles. The lowest BCUT2D eigenvalue weighted by molar-refractivity contribution is -0.125. The Bertz CT molecular complexity index is 466. The molecule has 0 saturated heterocycles. The summed E-state index contributed by atoms with van der Waals surface area (Å²) in [5.74, 6) is -0.642. The Kier molecular flexibility index (Phi) is 7.10. The van der Waals surface area contributed by atoms with Gasteiger partial charge in [0.1, 0.15) is 5.75 Å². The van der Waals surface area contributed by atoms with Crippen molar-refractivity contribution in [3.8, 4) is 5.75 Å². The molecule has 0 bridgehead atoms. The third-order valence-electron chi connectivity index (χ3n) is 2.52. The van der Waals surface area contributed by atoms with Crippen molar-refractivity contribution in [2.75, 3.05) is 19.6 Å². The smallest absolute Gasteiger partial charge is 0.387 e. The summed E-state index contributed by atoms with van der Waals surface area (Å²) in [6, 6.07) is 6.15. The monoisotopic (exact) mass is 301 g/mol. The average molecular weight is 301 g/mol. The largest absolute Gasteiger partial charge is 0.435 e. The van der Waals surface area contributed by atoms with Crippen LogP contribution in [-0.4, -0.2) is 38.1 Å². The first kappa shape index (κ1) is 16.8. The molecule has 4 N–H and O–H groups in total. The number of ether oxygens (including phenoxy) is 1. The Morgan fingerprint density at radius 3 is 2.38 bits per heavy atom. The lowest BCUT2D eigenvalue weighted by atomic mass is 10.1. The Labute approximate surface area is 120 Å². The molecule has 8 heteroatoms. The number of benzene rings is 1. The van der Waals surface area contributed by atoms with E-state index in [-0.39, 0.29) is 24.7 Å². The van der Waals surface area contributed by atoms with E-state index in [1.54, 1.807) is 12.1 Å². The second-order valence-corrected chi connectivity index (χ2v) is 4.10. The quantitative estimate of drug-likeness (QED) is 0.631. The van der Waals surface area contributed by atoms with Crippen LogP contribution in [0.25, 0.3) is 0 Å². The molecule has 0 radical (unpaired) electrons. The molecule has 0 aliphatic heterocycles. The van der Waals surface area contributed by atoms with Gasteiger partial charge in [-0.2, -0.15) is 8.78 Å². The van der Waals surface area contributed by atoms with Gasteiger partial charge in [-0.15, -0.1) is 0 Å². The van der Waals surface area contributed by atoms with Crippen LogP contribution in [0.1, 0.15) is 5.56 Å². The number of amides is 2. The molecule has 116 valence electrons. The predicted octanol–water partition coefficient (Wildman–Crippen LogP) is 0.0216. The van der Waals surface area contributed by atoms with Gasteiger partial charge in [0.25, 0.3) is 0 Å². The molecule has 2 amide bonds. The SMILES string of the molecule is NCC(=O)NCC(=O)NCCc1ccc(OC(F)F)cc1. The fourth-order valence-electron chi connectivity index (χ4n) is 1.50. The Morgan fingerprint density at radius 1 is 1.14 bits per heavy atom. The van der Waals surface area contributed by atoms with Gasteiger partial charge < -0.3 is 21.1 Å². The number of rotatable bonds is 8. The minimum absolute atomic E-state index is 0.0854. The standard InChI is InChI=1S/C13H17F2N3O3/c14-13(15)21-10-3-1-9(2-4-10)5-6-17-12(20)8-18-11(19)7-16/h1-4,13H,5-8,16H2,(H,17,20)(H,18,19). The second-order valence-electron chi connectivity index (χ2n) is 4.10. The van der Waals surface area contributed by atoms with E-state index in [4.69, 9.17) is 5.73 Å². The minimum Gasteiger partial charge on any atom is -0.435 e. The van der Waals surface area contributed by atoms with Gasteiger partial charge in [-0.1, -0.05) is 12.1 Å². The molecule has 0 atom stereocenters. The topological polar surface area (TPSA) is 93.5 Å². The number of hydrogen-bond acceptors (Lipinski definition) is 4. The third kappa shape index (κ3) is 7.21. The van der Waals surface area contributed by atoms with Crippen molar-refractivity contribution in [3.63, 3.8) is 0 Å². The molecule has 21 heavy (non-hydrogen) atoms. The molecule has 0 saturated carbocycles. The highest BCUT2D eigenvalue weighted by molar-refractivity contribution is 5.85. The fourth-order valence-corrected chi connectivity index (χ4v) is 1.50. The number of hydrogen-bond donors (Lipinski definition) is 3. The average Bonchev–Trinajstić information content (AvgIpc) is 2.46. The number of nitrogens with two attached hydrogens (primary N) is 1. The Balaban J connectivity index is 2.26. The zero-order valence-electron chi connectivity index (χ0n) is 11.3. The van der Waals surface area contributed by atoms with Crippen molar-refractivity contribution in [3.05, 3.63) is 29.8 Å². The van der Waals surface area contributed by atoms with E-state index >= 15 is 0 Å². The number of halogens is 2. The molecule has 1 rings (SSSR count). The van der Waals surface area contributed by atoms with E-state index < -0.39 is 12.5 Å². The van der Waals surface area contributed by atoms with E-state index in [0.717, 1.165) is 5.56 Å². The third-order valence-corrected chi connectivity index (χ3v) is 2.52. The summed E-state index contributed by atoms with van der Waals surface area (Å²) in [7, 11) is 0. The van der Waals surface area contributed by atoms with Crippen LogP contribution >= 0.6 is 0 Å². The van der Waals surface area contributed by atoms with Crippen LogP contribution in [0.4, 0.5) is 8.78 Å². The molecule has 0 spiro atoms. The van der Waals surface area contributed by atoms with Gasteiger partial charge in [0.05, 0.1) is 13.1 Å². The minimum atomic E-state index is -2.85. The highest BCUT2D eigenvalue weighted by Crippen LogP contribution is 2.14. The van der Waals surface area contributed by atoms with Crippen LogP contribution < -0.4 is 21.1 Å².